The van der Waals surface area contributed by atoms with Gasteiger partial charge in [0.05, 0.1) is 12.6 Å². The fourth-order valence-electron chi connectivity index (χ4n) is 2.81. The van der Waals surface area contributed by atoms with Crippen LogP contribution in [0.2, 0.25) is 0 Å². The maximum Gasteiger partial charge on any atom is 0.276 e. The molecule has 1 fully saturated rings. The van der Waals surface area contributed by atoms with Crippen molar-refractivity contribution in [3.8, 4) is 0 Å². The molecule has 0 aromatic carbocycles. The molecule has 1 aromatic rings. The molecule has 0 spiro atoms. The fourth-order valence-corrected chi connectivity index (χ4v) is 2.81. The number of carbonyl (C=O) groups is 1. The van der Waals surface area contributed by atoms with Crippen molar-refractivity contribution in [2.75, 3.05) is 19.6 Å². The fraction of sp³-hybridized carbons (Fsp3) is 0.750. The van der Waals surface area contributed by atoms with Crippen LogP contribution in [0.1, 0.15) is 56.3 Å². The first-order chi connectivity index (χ1) is 10.5. The lowest BCUT2D eigenvalue weighted by molar-refractivity contribution is 0.0686. The molecule has 0 bridgehead atoms. The first-order valence-electron chi connectivity index (χ1n) is 8.22. The van der Waals surface area contributed by atoms with Crippen molar-refractivity contribution in [2.45, 2.75) is 58.7 Å². The molecule has 0 radical (unpaired) electrons. The van der Waals surface area contributed by atoms with Crippen LogP contribution in [0.25, 0.3) is 0 Å². The van der Waals surface area contributed by atoms with Crippen molar-refractivity contribution >= 4 is 5.91 Å². The van der Waals surface area contributed by atoms with Gasteiger partial charge < -0.3 is 14.5 Å². The number of nitrogens with zero attached hydrogens (tertiary/aromatic N) is 3. The minimum Gasteiger partial charge on any atom is -0.393 e. The molecule has 6 heteroatoms. The average molecular weight is 309 g/mol. The van der Waals surface area contributed by atoms with Crippen LogP contribution >= 0.6 is 0 Å². The van der Waals surface area contributed by atoms with Gasteiger partial charge in [-0.05, 0) is 33.1 Å². The number of likely N-dealkylation sites (tertiary alicyclic amines) is 1. The van der Waals surface area contributed by atoms with Gasteiger partial charge >= 0.3 is 0 Å². The Morgan fingerprint density at radius 3 is 2.77 bits per heavy atom. The van der Waals surface area contributed by atoms with E-state index in [1.165, 1.54) is 0 Å². The van der Waals surface area contributed by atoms with Gasteiger partial charge in [0.25, 0.3) is 5.91 Å². The Balaban J connectivity index is 1.97. The van der Waals surface area contributed by atoms with E-state index < -0.39 is 0 Å². The van der Waals surface area contributed by atoms with Crippen LogP contribution < -0.4 is 0 Å². The van der Waals surface area contributed by atoms with E-state index in [9.17, 15) is 9.90 Å². The van der Waals surface area contributed by atoms with Gasteiger partial charge in [0, 0.05) is 31.7 Å². The molecule has 1 atom stereocenters. The summed E-state index contributed by atoms with van der Waals surface area (Å²) in [7, 11) is 0. The number of hydrogen-bond donors (Lipinski definition) is 1. The number of hydrogen-bond acceptors (Lipinski definition) is 5. The molecule has 0 unspecified atom stereocenters. The molecule has 22 heavy (non-hydrogen) atoms. The molecule has 1 aliphatic rings. The normalized spacial score (nSPS) is 18.4. The average Bonchev–Trinajstić information content (AvgIpc) is 2.98. The zero-order valence-electron chi connectivity index (χ0n) is 13.8. The van der Waals surface area contributed by atoms with Gasteiger partial charge in [0.1, 0.15) is 0 Å². The quantitative estimate of drug-likeness (QED) is 0.869. The van der Waals surface area contributed by atoms with Gasteiger partial charge in [0.2, 0.25) is 0 Å². The van der Waals surface area contributed by atoms with Crippen LogP contribution in [0.4, 0.5) is 0 Å². The van der Waals surface area contributed by atoms with E-state index in [1.54, 1.807) is 6.07 Å². The summed E-state index contributed by atoms with van der Waals surface area (Å²) in [6.07, 6.45) is 2.31. The number of piperidine rings is 1. The predicted octanol–water partition coefficient (Wildman–Crippen LogP) is 1.89. The molecule has 0 saturated carbocycles. The van der Waals surface area contributed by atoms with Gasteiger partial charge in [-0.2, -0.15) is 0 Å². The van der Waals surface area contributed by atoms with Crippen molar-refractivity contribution in [1.82, 2.24) is 15.0 Å². The highest BCUT2D eigenvalue weighted by atomic mass is 16.5. The van der Waals surface area contributed by atoms with Crippen LogP contribution in [0.15, 0.2) is 10.6 Å². The Morgan fingerprint density at radius 2 is 2.18 bits per heavy atom. The summed E-state index contributed by atoms with van der Waals surface area (Å²) < 4.78 is 5.32. The van der Waals surface area contributed by atoms with Crippen molar-refractivity contribution < 1.29 is 14.4 Å². The van der Waals surface area contributed by atoms with Crippen LogP contribution in [0.5, 0.6) is 0 Å². The lowest BCUT2D eigenvalue weighted by atomic mass is 10.1. The SMILES string of the molecule is CC[C@@H](C)N(CC)C(=O)c1cc(CN2CCC(O)CC2)on1. The number of amides is 1. The summed E-state index contributed by atoms with van der Waals surface area (Å²) in [4.78, 5) is 16.5. The van der Waals surface area contributed by atoms with Gasteiger partial charge in [-0.1, -0.05) is 12.1 Å². The number of aromatic nitrogens is 1. The first-order valence-corrected chi connectivity index (χ1v) is 8.22. The third-order valence-corrected chi connectivity index (χ3v) is 4.44. The van der Waals surface area contributed by atoms with E-state index in [-0.39, 0.29) is 18.1 Å². The van der Waals surface area contributed by atoms with E-state index in [4.69, 9.17) is 4.52 Å². The minimum absolute atomic E-state index is 0.0686. The second kappa shape index (κ2) is 7.74. The Morgan fingerprint density at radius 1 is 1.50 bits per heavy atom. The molecule has 2 heterocycles. The second-order valence-corrected chi connectivity index (χ2v) is 6.03. The molecule has 1 aliphatic heterocycles. The van der Waals surface area contributed by atoms with Crippen molar-refractivity contribution in [3.05, 3.63) is 17.5 Å². The van der Waals surface area contributed by atoms with E-state index in [1.807, 2.05) is 18.7 Å². The maximum absolute atomic E-state index is 12.5. The smallest absolute Gasteiger partial charge is 0.276 e. The summed E-state index contributed by atoms with van der Waals surface area (Å²) in [5.41, 5.74) is 0.384. The molecule has 124 valence electrons. The van der Waals surface area contributed by atoms with Gasteiger partial charge in [-0.3, -0.25) is 9.69 Å². The van der Waals surface area contributed by atoms with Gasteiger partial charge in [-0.25, -0.2) is 0 Å². The Hall–Kier alpha value is -1.40. The van der Waals surface area contributed by atoms with Crippen molar-refractivity contribution in [2.24, 2.45) is 0 Å². The second-order valence-electron chi connectivity index (χ2n) is 6.03. The zero-order chi connectivity index (χ0) is 16.1. The van der Waals surface area contributed by atoms with Crippen LogP contribution in [0.3, 0.4) is 0 Å². The lowest BCUT2D eigenvalue weighted by Crippen LogP contribution is -2.38. The Kier molecular flexibility index (Phi) is 5.97. The Bertz CT molecular complexity index is 481. The first kappa shape index (κ1) is 17.0. The topological polar surface area (TPSA) is 69.8 Å². The lowest BCUT2D eigenvalue weighted by Gasteiger charge is -2.28. The Labute approximate surface area is 132 Å². The van der Waals surface area contributed by atoms with E-state index >= 15 is 0 Å². The summed E-state index contributed by atoms with van der Waals surface area (Å²) in [6, 6.07) is 1.94. The third-order valence-electron chi connectivity index (χ3n) is 4.44. The predicted molar refractivity (Wildman–Crippen MR) is 83.5 cm³/mol. The van der Waals surface area contributed by atoms with Crippen LogP contribution in [0, 0.1) is 0 Å². The van der Waals surface area contributed by atoms with E-state index in [2.05, 4.69) is 17.0 Å². The third kappa shape index (κ3) is 4.08. The van der Waals surface area contributed by atoms with Gasteiger partial charge in [0.15, 0.2) is 11.5 Å². The molecule has 2 rings (SSSR count). The molecular formula is C16H27N3O3. The van der Waals surface area contributed by atoms with Crippen molar-refractivity contribution in [3.63, 3.8) is 0 Å². The largest absolute Gasteiger partial charge is 0.393 e. The highest BCUT2D eigenvalue weighted by molar-refractivity contribution is 5.92. The van der Waals surface area contributed by atoms with Gasteiger partial charge in [-0.15, -0.1) is 0 Å². The number of rotatable bonds is 6. The monoisotopic (exact) mass is 309 g/mol. The van der Waals surface area contributed by atoms with Crippen LogP contribution in [-0.2, 0) is 6.54 Å². The summed E-state index contributed by atoms with van der Waals surface area (Å²) >= 11 is 0. The number of aliphatic hydroxyl groups is 1. The number of aliphatic hydroxyl groups excluding tert-OH is 1. The molecule has 1 N–H and O–H groups in total. The minimum atomic E-state index is -0.184. The summed E-state index contributed by atoms with van der Waals surface area (Å²) in [5, 5.41) is 13.5. The molecule has 6 nitrogen and oxygen atoms in total. The molecular weight excluding hydrogens is 282 g/mol. The standard InChI is InChI=1S/C16H27N3O3/c1-4-12(3)19(5-2)16(21)15-10-14(22-17-15)11-18-8-6-13(20)7-9-18/h10,12-13,20H,4-9,11H2,1-3H3/t12-/m1/s1. The highest BCUT2D eigenvalue weighted by Crippen LogP contribution is 2.16. The maximum atomic E-state index is 12.5. The van der Waals surface area contributed by atoms with Crippen molar-refractivity contribution in [1.29, 1.82) is 0 Å². The molecule has 1 amide bonds. The molecule has 1 saturated heterocycles. The zero-order valence-corrected chi connectivity index (χ0v) is 13.8. The van der Waals surface area contributed by atoms with Crippen LogP contribution in [-0.4, -0.2) is 57.8 Å². The summed E-state index contributed by atoms with van der Waals surface area (Å²) in [6.45, 7) is 9.09. The number of carbonyl (C=O) groups excluding carboxylic acids is 1. The van der Waals surface area contributed by atoms with E-state index in [0.29, 0.717) is 24.5 Å². The molecule has 0 aliphatic carbocycles. The summed E-state index contributed by atoms with van der Waals surface area (Å²) in [5.74, 6) is 0.640. The van der Waals surface area contributed by atoms with E-state index in [0.717, 1.165) is 32.4 Å². The highest BCUT2D eigenvalue weighted by Gasteiger charge is 2.23. The molecule has 1 aromatic heterocycles.